The number of carbonyl (C=O) groups is 1. The molecule has 0 aliphatic carbocycles. The quantitative estimate of drug-likeness (QED) is 0.878. The number of nitrogens with zero attached hydrogens (tertiary/aromatic N) is 2. The Morgan fingerprint density at radius 3 is 2.82 bits per heavy atom. The maximum absolute atomic E-state index is 12.1. The largest absolute Gasteiger partial charge is 0.354 e. The van der Waals surface area contributed by atoms with Gasteiger partial charge in [0.1, 0.15) is 0 Å². The zero-order valence-corrected chi connectivity index (χ0v) is 15.2. The topological polar surface area (TPSA) is 45.2 Å². The maximum Gasteiger partial charge on any atom is 0.223 e. The van der Waals surface area contributed by atoms with Gasteiger partial charge in [-0.05, 0) is 44.9 Å². The molecule has 6 heteroatoms. The summed E-state index contributed by atoms with van der Waals surface area (Å²) in [5, 5.41) is 4.08. The number of benzene rings is 1. The minimum Gasteiger partial charge on any atom is -0.354 e. The van der Waals surface area contributed by atoms with Crippen LogP contribution in [0, 0.1) is 5.92 Å². The smallest absolute Gasteiger partial charge is 0.223 e. The van der Waals surface area contributed by atoms with Gasteiger partial charge in [0.25, 0.3) is 0 Å². The van der Waals surface area contributed by atoms with Gasteiger partial charge >= 0.3 is 0 Å². The molecule has 1 N–H and O–H groups in total. The molecule has 2 aromatic rings. The fraction of sp³-hybridized carbons (Fsp3) is 0.500. The fourth-order valence-corrected chi connectivity index (χ4v) is 4.33. The van der Waals surface area contributed by atoms with E-state index in [0.29, 0.717) is 0 Å². The molecule has 0 saturated carbocycles. The maximum atomic E-state index is 12.1. The van der Waals surface area contributed by atoms with Crippen LogP contribution in [0.3, 0.4) is 0 Å². The molecule has 1 aliphatic heterocycles. The SMILES string of the molecule is CC(C)NC(=O)C1CCN(c2nc3ccc(Br)cc3s2)CC1. The van der Waals surface area contributed by atoms with Crippen molar-refractivity contribution in [2.45, 2.75) is 32.7 Å². The normalized spacial score (nSPS) is 16.5. The molecule has 0 unspecified atom stereocenters. The number of halogens is 1. The van der Waals surface area contributed by atoms with Crippen LogP contribution in [0.4, 0.5) is 5.13 Å². The van der Waals surface area contributed by atoms with Crippen LogP contribution in [0.15, 0.2) is 22.7 Å². The van der Waals surface area contributed by atoms with Crippen molar-refractivity contribution in [3.63, 3.8) is 0 Å². The van der Waals surface area contributed by atoms with E-state index in [1.54, 1.807) is 11.3 Å². The van der Waals surface area contributed by atoms with Crippen LogP contribution in [0.2, 0.25) is 0 Å². The second kappa shape index (κ2) is 6.54. The van der Waals surface area contributed by atoms with Gasteiger partial charge in [-0.15, -0.1) is 0 Å². The molecule has 0 spiro atoms. The number of hydrogen-bond donors (Lipinski definition) is 1. The molecule has 4 nitrogen and oxygen atoms in total. The van der Waals surface area contributed by atoms with E-state index >= 15 is 0 Å². The highest BCUT2D eigenvalue weighted by molar-refractivity contribution is 9.10. The average molecular weight is 382 g/mol. The van der Waals surface area contributed by atoms with Crippen LogP contribution in [-0.2, 0) is 4.79 Å². The van der Waals surface area contributed by atoms with Crippen molar-refractivity contribution >= 4 is 48.5 Å². The number of carbonyl (C=O) groups excluding carboxylic acids is 1. The number of nitrogens with one attached hydrogen (secondary N) is 1. The molecule has 0 atom stereocenters. The van der Waals surface area contributed by atoms with E-state index in [2.05, 4.69) is 32.2 Å². The summed E-state index contributed by atoms with van der Waals surface area (Å²) < 4.78 is 2.28. The molecule has 22 heavy (non-hydrogen) atoms. The molecule has 1 saturated heterocycles. The number of aromatic nitrogens is 1. The Bertz CT molecular complexity index is 677. The zero-order valence-electron chi connectivity index (χ0n) is 12.8. The number of anilines is 1. The predicted octanol–water partition coefficient (Wildman–Crippen LogP) is 3.80. The number of amides is 1. The van der Waals surface area contributed by atoms with Crippen LogP contribution in [0.25, 0.3) is 10.2 Å². The molecule has 1 fully saturated rings. The molecule has 118 valence electrons. The van der Waals surface area contributed by atoms with Crippen molar-refractivity contribution in [3.05, 3.63) is 22.7 Å². The number of hydrogen-bond acceptors (Lipinski definition) is 4. The van der Waals surface area contributed by atoms with Gasteiger partial charge in [-0.1, -0.05) is 27.3 Å². The van der Waals surface area contributed by atoms with Crippen LogP contribution in [0.1, 0.15) is 26.7 Å². The summed E-state index contributed by atoms with van der Waals surface area (Å²) >= 11 is 5.22. The van der Waals surface area contributed by atoms with Crippen molar-refractivity contribution in [2.75, 3.05) is 18.0 Å². The van der Waals surface area contributed by atoms with Crippen LogP contribution < -0.4 is 10.2 Å². The van der Waals surface area contributed by atoms with Crippen LogP contribution in [-0.4, -0.2) is 30.0 Å². The molecular formula is C16H20BrN3OS. The molecule has 1 aliphatic rings. The second-order valence-corrected chi connectivity index (χ2v) is 7.96. The molecule has 0 bridgehead atoms. The third-order valence-electron chi connectivity index (χ3n) is 3.91. The van der Waals surface area contributed by atoms with Crippen molar-refractivity contribution in [2.24, 2.45) is 5.92 Å². The van der Waals surface area contributed by atoms with Gasteiger partial charge in [-0.25, -0.2) is 4.98 Å². The summed E-state index contributed by atoms with van der Waals surface area (Å²) in [4.78, 5) is 19.1. The minimum absolute atomic E-state index is 0.141. The number of piperidine rings is 1. The van der Waals surface area contributed by atoms with Crippen LogP contribution >= 0.6 is 27.3 Å². The Hall–Kier alpha value is -1.14. The van der Waals surface area contributed by atoms with E-state index in [9.17, 15) is 4.79 Å². The van der Waals surface area contributed by atoms with Gasteiger partial charge in [-0.3, -0.25) is 4.79 Å². The van der Waals surface area contributed by atoms with E-state index in [-0.39, 0.29) is 17.9 Å². The van der Waals surface area contributed by atoms with E-state index < -0.39 is 0 Å². The van der Waals surface area contributed by atoms with Crippen molar-refractivity contribution in [1.29, 1.82) is 0 Å². The molecule has 1 amide bonds. The van der Waals surface area contributed by atoms with Crippen molar-refractivity contribution in [1.82, 2.24) is 10.3 Å². The number of fused-ring (bicyclic) bond motifs is 1. The van der Waals surface area contributed by atoms with Gasteiger partial charge in [0.05, 0.1) is 10.2 Å². The highest BCUT2D eigenvalue weighted by Crippen LogP contribution is 2.32. The summed E-state index contributed by atoms with van der Waals surface area (Å²) in [6.45, 7) is 5.81. The van der Waals surface area contributed by atoms with Crippen molar-refractivity contribution in [3.8, 4) is 0 Å². The molecule has 2 heterocycles. The highest BCUT2D eigenvalue weighted by Gasteiger charge is 2.26. The minimum atomic E-state index is 0.141. The van der Waals surface area contributed by atoms with E-state index in [1.165, 1.54) is 4.70 Å². The summed E-state index contributed by atoms with van der Waals surface area (Å²) in [6, 6.07) is 6.39. The standard InChI is InChI=1S/C16H20BrN3OS/c1-10(2)18-15(21)11-5-7-20(8-6-11)16-19-13-4-3-12(17)9-14(13)22-16/h3-4,9-11H,5-8H2,1-2H3,(H,18,21). The van der Waals surface area contributed by atoms with Crippen molar-refractivity contribution < 1.29 is 4.79 Å². The number of thiazole rings is 1. The first-order valence-electron chi connectivity index (χ1n) is 7.64. The lowest BCUT2D eigenvalue weighted by molar-refractivity contribution is -0.126. The van der Waals surface area contributed by atoms with Crippen LogP contribution in [0.5, 0.6) is 0 Å². The van der Waals surface area contributed by atoms with Gasteiger partial charge in [0.2, 0.25) is 5.91 Å². The van der Waals surface area contributed by atoms with E-state index in [4.69, 9.17) is 4.98 Å². The fourth-order valence-electron chi connectivity index (χ4n) is 2.76. The van der Waals surface area contributed by atoms with E-state index in [1.807, 2.05) is 26.0 Å². The first-order chi connectivity index (χ1) is 10.5. The van der Waals surface area contributed by atoms with Gasteiger partial charge in [-0.2, -0.15) is 0 Å². The third kappa shape index (κ3) is 3.43. The Morgan fingerprint density at radius 1 is 1.41 bits per heavy atom. The summed E-state index contributed by atoms with van der Waals surface area (Å²) in [6.07, 6.45) is 1.80. The Kier molecular flexibility index (Phi) is 4.68. The highest BCUT2D eigenvalue weighted by atomic mass is 79.9. The summed E-state index contributed by atoms with van der Waals surface area (Å²) in [5.74, 6) is 0.338. The monoisotopic (exact) mass is 381 g/mol. The lowest BCUT2D eigenvalue weighted by Crippen LogP contribution is -2.42. The average Bonchev–Trinajstić information content (AvgIpc) is 2.89. The first kappa shape index (κ1) is 15.7. The van der Waals surface area contributed by atoms with Gasteiger partial charge in [0.15, 0.2) is 5.13 Å². The molecule has 1 aromatic carbocycles. The predicted molar refractivity (Wildman–Crippen MR) is 95.5 cm³/mol. The summed E-state index contributed by atoms with van der Waals surface area (Å²) in [5.41, 5.74) is 1.04. The molecule has 3 rings (SSSR count). The lowest BCUT2D eigenvalue weighted by atomic mass is 9.96. The third-order valence-corrected chi connectivity index (χ3v) is 5.48. The molecular weight excluding hydrogens is 362 g/mol. The second-order valence-electron chi connectivity index (χ2n) is 6.03. The first-order valence-corrected chi connectivity index (χ1v) is 9.25. The number of rotatable bonds is 3. The Labute approximate surface area is 143 Å². The Balaban J connectivity index is 1.66. The lowest BCUT2D eigenvalue weighted by Gasteiger charge is -2.31. The van der Waals surface area contributed by atoms with Gasteiger partial charge < -0.3 is 10.2 Å². The summed E-state index contributed by atoms with van der Waals surface area (Å²) in [7, 11) is 0. The zero-order chi connectivity index (χ0) is 15.7. The van der Waals surface area contributed by atoms with Gasteiger partial charge in [0, 0.05) is 29.5 Å². The molecule has 0 radical (unpaired) electrons. The molecule has 1 aromatic heterocycles. The van der Waals surface area contributed by atoms with E-state index in [0.717, 1.165) is 41.1 Å². The Morgan fingerprint density at radius 2 is 2.14 bits per heavy atom.